The maximum atomic E-state index is 14.2. The largest absolute Gasteiger partial charge is 0.497 e. The highest BCUT2D eigenvalue weighted by atomic mass is 19.2. The van der Waals surface area contributed by atoms with Crippen LogP contribution in [-0.4, -0.2) is 20.3 Å². The van der Waals surface area contributed by atoms with E-state index in [0.717, 1.165) is 157 Å². The zero-order chi connectivity index (χ0) is 93.8. The van der Waals surface area contributed by atoms with E-state index in [1.807, 2.05) is 24.3 Å². The number of allylic oxidation sites excluding steroid dienone is 2. The fourth-order valence-electron chi connectivity index (χ4n) is 27.2. The number of hydrogen-bond acceptors (Lipinski definition) is 3. The van der Waals surface area contributed by atoms with E-state index in [2.05, 4.69) is 113 Å². The van der Waals surface area contributed by atoms with E-state index >= 15 is 0 Å². The molecular formula is C124H204F4O3. The van der Waals surface area contributed by atoms with E-state index in [-0.39, 0.29) is 23.0 Å². The SMILES string of the molecule is C/C=C/C1CCC(C2CCC(CCC)CC2)CC1.CCCC1CCC(C2CCC(CC)CC2)CC1.CCCC1CCC(c2ccc(OC)cc2)CC1.CCCC1CCC(c2ccc(OCC)c(F)c2F)CC1.CCCCC1CCC(C2CCC(CCC)CC2)CC1.CCCCCC1CCC(C2CCC(CCC)CC2)CC1.CCCc1ccc(-c2ccc(OCC)c(F)c2F)cc1. The van der Waals surface area contributed by atoms with Crippen molar-refractivity contribution in [1.29, 1.82) is 0 Å². The average molecular weight is 1820 g/mol. The van der Waals surface area contributed by atoms with Crippen LogP contribution in [0.2, 0.25) is 0 Å². The van der Waals surface area contributed by atoms with E-state index in [9.17, 15) is 17.6 Å². The van der Waals surface area contributed by atoms with Gasteiger partial charge in [-0.1, -0.05) is 349 Å². The van der Waals surface area contributed by atoms with Crippen LogP contribution in [0.1, 0.15) is 510 Å². The van der Waals surface area contributed by atoms with E-state index < -0.39 is 23.3 Å². The van der Waals surface area contributed by atoms with Crippen LogP contribution < -0.4 is 14.2 Å². The Hall–Kier alpha value is -4.26. The van der Waals surface area contributed by atoms with Crippen LogP contribution in [-0.2, 0) is 6.42 Å². The maximum absolute atomic E-state index is 14.2. The van der Waals surface area contributed by atoms with E-state index in [4.69, 9.17) is 14.2 Å². The Morgan fingerprint density at radius 1 is 0.282 bits per heavy atom. The molecule has 0 spiro atoms. The quantitative estimate of drug-likeness (QED) is 0.0261. The van der Waals surface area contributed by atoms with Gasteiger partial charge in [0.1, 0.15) is 5.75 Å². The Morgan fingerprint density at radius 2 is 0.603 bits per heavy atom. The third-order valence-electron chi connectivity index (χ3n) is 35.4. The summed E-state index contributed by atoms with van der Waals surface area (Å²) in [6.07, 6.45) is 94.5. The minimum atomic E-state index is -0.929. The first-order chi connectivity index (χ1) is 64.0. The molecule has 10 aliphatic rings. The monoisotopic (exact) mass is 1820 g/mol. The molecule has 10 aliphatic carbocycles. The van der Waals surface area contributed by atoms with Gasteiger partial charge in [-0.3, -0.25) is 0 Å². The highest BCUT2D eigenvalue weighted by Crippen LogP contribution is 2.49. The number of unbranched alkanes of at least 4 members (excludes halogenated alkanes) is 3. The van der Waals surface area contributed by atoms with Crippen molar-refractivity contribution in [3.8, 4) is 28.4 Å². The van der Waals surface area contributed by atoms with Gasteiger partial charge in [-0.05, 0) is 365 Å². The molecule has 131 heavy (non-hydrogen) atoms. The van der Waals surface area contributed by atoms with Crippen LogP contribution in [0.3, 0.4) is 0 Å². The Balaban J connectivity index is 0.000000189. The van der Waals surface area contributed by atoms with Crippen molar-refractivity contribution in [2.45, 2.75) is 500 Å². The molecule has 0 radical (unpaired) electrons. The zero-order valence-corrected chi connectivity index (χ0v) is 87.6. The van der Waals surface area contributed by atoms with Crippen molar-refractivity contribution in [3.05, 3.63) is 125 Å². The lowest BCUT2D eigenvalue weighted by Gasteiger charge is -2.38. The van der Waals surface area contributed by atoms with Crippen molar-refractivity contribution in [2.75, 3.05) is 20.3 Å². The van der Waals surface area contributed by atoms with Crippen molar-refractivity contribution in [3.63, 3.8) is 0 Å². The predicted octanol–water partition coefficient (Wildman–Crippen LogP) is 40.5. The van der Waals surface area contributed by atoms with Crippen LogP contribution in [0.4, 0.5) is 17.6 Å². The van der Waals surface area contributed by atoms with E-state index in [1.165, 1.54) is 223 Å². The molecule has 10 fully saturated rings. The average Bonchev–Trinajstić information content (AvgIpc) is 0.810. The molecular weight excluding hydrogens is 1610 g/mol. The van der Waals surface area contributed by atoms with Gasteiger partial charge in [-0.25, -0.2) is 8.78 Å². The third-order valence-corrected chi connectivity index (χ3v) is 35.4. The predicted molar refractivity (Wildman–Crippen MR) is 559 cm³/mol. The lowest BCUT2D eigenvalue weighted by atomic mass is 9.68. The van der Waals surface area contributed by atoms with Crippen molar-refractivity contribution in [1.82, 2.24) is 0 Å². The van der Waals surface area contributed by atoms with Gasteiger partial charge in [0.15, 0.2) is 23.1 Å². The molecule has 0 heterocycles. The van der Waals surface area contributed by atoms with Gasteiger partial charge < -0.3 is 14.2 Å². The highest BCUT2D eigenvalue weighted by Gasteiger charge is 2.36. The number of halogens is 4. The highest BCUT2D eigenvalue weighted by molar-refractivity contribution is 5.65. The van der Waals surface area contributed by atoms with Crippen molar-refractivity contribution < 1.29 is 31.8 Å². The number of hydrogen-bond donors (Lipinski definition) is 0. The summed E-state index contributed by atoms with van der Waals surface area (Å²) in [6.45, 7) is 29.4. The Kier molecular flexibility index (Phi) is 56.1. The molecule has 746 valence electrons. The molecule has 0 N–H and O–H groups in total. The summed E-state index contributed by atoms with van der Waals surface area (Å²) in [7, 11) is 1.73. The molecule has 0 bridgehead atoms. The lowest BCUT2D eigenvalue weighted by molar-refractivity contribution is 0.140. The van der Waals surface area contributed by atoms with Gasteiger partial charge in [0.05, 0.1) is 20.3 Å². The topological polar surface area (TPSA) is 27.7 Å². The van der Waals surface area contributed by atoms with Crippen LogP contribution in [0.5, 0.6) is 17.2 Å². The summed E-state index contributed by atoms with van der Waals surface area (Å²) in [5, 5.41) is 0. The molecule has 4 aromatic rings. The molecule has 3 nitrogen and oxygen atoms in total. The second-order valence-corrected chi connectivity index (χ2v) is 44.5. The summed E-state index contributed by atoms with van der Waals surface area (Å²) >= 11 is 0. The molecule has 4 aromatic carbocycles. The lowest BCUT2D eigenvalue weighted by Crippen LogP contribution is -2.25. The molecule has 0 amide bonds. The summed E-state index contributed by atoms with van der Waals surface area (Å²) in [6, 6.07) is 22.5. The summed E-state index contributed by atoms with van der Waals surface area (Å²) in [5.74, 6) is 17.6. The van der Waals surface area contributed by atoms with Crippen LogP contribution in [0.15, 0.2) is 84.9 Å². The molecule has 14 rings (SSSR count). The van der Waals surface area contributed by atoms with Crippen molar-refractivity contribution >= 4 is 0 Å². The fraction of sp³-hybridized carbons (Fsp3) is 0.790. The van der Waals surface area contributed by atoms with Gasteiger partial charge in [-0.2, -0.15) is 8.78 Å². The Bertz CT molecular complexity index is 3480. The normalized spacial score (nSPS) is 29.2. The molecule has 0 atom stereocenters. The molecule has 0 aromatic heterocycles. The van der Waals surface area contributed by atoms with Gasteiger partial charge in [-0.15, -0.1) is 0 Å². The van der Waals surface area contributed by atoms with Gasteiger partial charge in [0.2, 0.25) is 11.6 Å². The second-order valence-electron chi connectivity index (χ2n) is 44.5. The summed E-state index contributed by atoms with van der Waals surface area (Å²) in [4.78, 5) is 0. The number of benzene rings is 4. The Labute approximate surface area is 806 Å². The minimum Gasteiger partial charge on any atom is -0.497 e. The number of methoxy groups -OCH3 is 1. The summed E-state index contributed by atoms with van der Waals surface area (Å²) in [5.41, 5.74) is 4.16. The van der Waals surface area contributed by atoms with E-state index in [0.29, 0.717) is 24.3 Å². The van der Waals surface area contributed by atoms with Gasteiger partial charge in [0, 0.05) is 5.56 Å². The first-order valence-electron chi connectivity index (χ1n) is 57.6. The van der Waals surface area contributed by atoms with Crippen LogP contribution in [0, 0.1) is 130 Å². The number of aryl methyl sites for hydroxylation is 1. The standard InChI is InChI=1S/C20H38.C19H36.C18H32.C17H24F2O.C17H18F2O.C17H32.C16H24O/c1-3-5-6-8-18-11-15-20(16-12-18)19-13-9-17(7-4-2)10-14-19;1-3-5-7-17-10-14-19(15-11-17)18-12-8-16(6-4-2)9-13-18;1-3-5-15-7-11-17(12-8-15)18-13-9-16(6-4-2)10-14-18;2*1-3-5-12-6-8-13(9-7-12)14-10-11-15(20-4-2)17(19)16(14)18;1-3-5-15-8-12-17(13-9-15)16-10-6-14(4-2)7-11-16;1-3-4-13-5-7-14(8-6-13)15-9-11-16(17-2)12-10-15/h17-20H,3-16H2,1-2H3;16-19H,3-15H2,1-2H3;3,5,15-18H,4,6-14H2,1-2H3;10-13H,3-9H2,1-2H3;6-11H,3-5H2,1-2H3;14-17H,3-13H2,1-2H3;9-14H,3-8H2,1-2H3/b;;5-3+;;;;. The smallest absolute Gasteiger partial charge is 0.201 e. The molecule has 10 saturated carbocycles. The first kappa shape index (κ1) is 112. The van der Waals surface area contributed by atoms with Gasteiger partial charge in [0.25, 0.3) is 0 Å². The third kappa shape index (κ3) is 39.5. The maximum Gasteiger partial charge on any atom is 0.201 e. The van der Waals surface area contributed by atoms with Crippen LogP contribution in [0.25, 0.3) is 11.1 Å². The second kappa shape index (κ2) is 65.6. The van der Waals surface area contributed by atoms with Crippen molar-refractivity contribution in [2.24, 2.45) is 107 Å². The molecule has 0 unspecified atom stereocenters. The van der Waals surface area contributed by atoms with E-state index in [1.54, 1.807) is 193 Å². The summed E-state index contributed by atoms with van der Waals surface area (Å²) < 4.78 is 71.3. The zero-order valence-electron chi connectivity index (χ0n) is 87.6. The molecule has 0 saturated heterocycles. The van der Waals surface area contributed by atoms with Gasteiger partial charge >= 0.3 is 0 Å². The molecule has 0 aliphatic heterocycles. The molecule has 7 heteroatoms. The first-order valence-corrected chi connectivity index (χ1v) is 57.6. The number of ether oxygens (including phenoxy) is 3. The Morgan fingerprint density at radius 3 is 0.931 bits per heavy atom. The fourth-order valence-corrected chi connectivity index (χ4v) is 27.2. The number of rotatable bonds is 35. The van der Waals surface area contributed by atoms with Crippen LogP contribution >= 0.6 is 0 Å². The minimum absolute atomic E-state index is 0.0217.